The van der Waals surface area contributed by atoms with Crippen LogP contribution in [0.3, 0.4) is 0 Å². The zero-order valence-corrected chi connectivity index (χ0v) is 12.3. The first-order valence-electron chi connectivity index (χ1n) is 6.68. The summed E-state index contributed by atoms with van der Waals surface area (Å²) in [5, 5.41) is 9.12. The van der Waals surface area contributed by atoms with Crippen molar-refractivity contribution in [3.05, 3.63) is 0 Å². The molecule has 1 rings (SSSR count). The van der Waals surface area contributed by atoms with Gasteiger partial charge in [-0.15, -0.1) is 0 Å². The summed E-state index contributed by atoms with van der Waals surface area (Å²) >= 11 is 0. The molecule has 0 aromatic rings. The van der Waals surface area contributed by atoms with Crippen LogP contribution in [-0.2, 0) is 14.4 Å². The van der Waals surface area contributed by atoms with Gasteiger partial charge in [-0.3, -0.25) is 19.3 Å². The third-order valence-electron chi connectivity index (χ3n) is 4.03. The molecular formula is C13H23N3O4. The molecule has 7 heteroatoms. The van der Waals surface area contributed by atoms with Gasteiger partial charge in [0.15, 0.2) is 0 Å². The van der Waals surface area contributed by atoms with E-state index in [0.717, 1.165) is 6.42 Å². The Morgan fingerprint density at radius 1 is 1.40 bits per heavy atom. The number of carbonyl (C=O) groups excluding carboxylic acids is 2. The number of likely N-dealkylation sites (N-methyl/N-ethyl adjacent to an activating group) is 1. The predicted molar refractivity (Wildman–Crippen MR) is 72.8 cm³/mol. The monoisotopic (exact) mass is 285 g/mol. The smallest absolute Gasteiger partial charge is 0.323 e. The molecule has 0 aromatic heterocycles. The van der Waals surface area contributed by atoms with Crippen LogP contribution in [0.25, 0.3) is 0 Å². The third kappa shape index (κ3) is 3.69. The molecule has 1 fully saturated rings. The summed E-state index contributed by atoms with van der Waals surface area (Å²) in [5.74, 6) is -1.85. The molecule has 0 radical (unpaired) electrons. The fourth-order valence-corrected chi connectivity index (χ4v) is 2.10. The fourth-order valence-electron chi connectivity index (χ4n) is 2.10. The van der Waals surface area contributed by atoms with E-state index in [-0.39, 0.29) is 24.3 Å². The van der Waals surface area contributed by atoms with Crippen LogP contribution in [0.5, 0.6) is 0 Å². The van der Waals surface area contributed by atoms with Crippen molar-refractivity contribution < 1.29 is 19.5 Å². The molecule has 7 nitrogen and oxygen atoms in total. The number of aliphatic carboxylic acids is 1. The lowest BCUT2D eigenvalue weighted by molar-refractivity contribution is -0.150. The van der Waals surface area contributed by atoms with Gasteiger partial charge in [0.2, 0.25) is 11.8 Å². The minimum Gasteiger partial charge on any atom is -0.480 e. The fraction of sp³-hybridized carbons (Fsp3) is 0.769. The van der Waals surface area contributed by atoms with Crippen molar-refractivity contribution in [3.63, 3.8) is 0 Å². The highest BCUT2D eigenvalue weighted by Gasteiger charge is 2.35. The van der Waals surface area contributed by atoms with Gasteiger partial charge < -0.3 is 15.7 Å². The average Bonchev–Trinajstić information content (AvgIpc) is 2.38. The number of primary amides is 1. The third-order valence-corrected chi connectivity index (χ3v) is 4.03. The van der Waals surface area contributed by atoms with Crippen LogP contribution in [-0.4, -0.2) is 64.9 Å². The molecule has 1 unspecified atom stereocenters. The Kier molecular flexibility index (Phi) is 5.10. The highest BCUT2D eigenvalue weighted by molar-refractivity contribution is 5.83. The summed E-state index contributed by atoms with van der Waals surface area (Å²) in [6, 6.07) is 0. The number of rotatable bonds is 5. The van der Waals surface area contributed by atoms with Crippen molar-refractivity contribution in [3.8, 4) is 0 Å². The van der Waals surface area contributed by atoms with Crippen molar-refractivity contribution >= 4 is 17.8 Å². The maximum atomic E-state index is 12.2. The molecular weight excluding hydrogens is 262 g/mol. The van der Waals surface area contributed by atoms with E-state index in [9.17, 15) is 14.4 Å². The van der Waals surface area contributed by atoms with E-state index >= 15 is 0 Å². The van der Waals surface area contributed by atoms with E-state index in [1.165, 1.54) is 4.90 Å². The molecule has 114 valence electrons. The van der Waals surface area contributed by atoms with Crippen LogP contribution >= 0.6 is 0 Å². The Hall–Kier alpha value is -1.63. The zero-order valence-electron chi connectivity index (χ0n) is 12.3. The van der Waals surface area contributed by atoms with Crippen LogP contribution < -0.4 is 5.73 Å². The summed E-state index contributed by atoms with van der Waals surface area (Å²) < 4.78 is 0. The number of nitrogens with two attached hydrogens (primary N) is 1. The highest BCUT2D eigenvalue weighted by Crippen LogP contribution is 2.18. The summed E-state index contributed by atoms with van der Waals surface area (Å²) in [5.41, 5.74) is 4.16. The SMILES string of the molecule is CN(CC(=O)N1CCCC(C(N)=O)C1)C(C)(C)C(=O)O. The second kappa shape index (κ2) is 6.21. The lowest BCUT2D eigenvalue weighted by Gasteiger charge is -2.35. The van der Waals surface area contributed by atoms with Gasteiger partial charge in [0.1, 0.15) is 5.54 Å². The minimum atomic E-state index is -1.12. The van der Waals surface area contributed by atoms with Crippen LogP contribution in [0.4, 0.5) is 0 Å². The molecule has 1 saturated heterocycles. The second-order valence-corrected chi connectivity index (χ2v) is 5.80. The normalized spacial score (nSPS) is 20.0. The van der Waals surface area contributed by atoms with Crippen LogP contribution in [0.2, 0.25) is 0 Å². The van der Waals surface area contributed by atoms with Gasteiger partial charge in [0.05, 0.1) is 12.5 Å². The summed E-state index contributed by atoms with van der Waals surface area (Å²) in [4.78, 5) is 37.6. The Labute approximate surface area is 118 Å². The largest absolute Gasteiger partial charge is 0.480 e. The maximum absolute atomic E-state index is 12.2. The number of nitrogens with zero attached hydrogens (tertiary/aromatic N) is 2. The quantitative estimate of drug-likeness (QED) is 0.709. The number of carboxylic acid groups (broad SMARTS) is 1. The molecule has 3 N–H and O–H groups in total. The van der Waals surface area contributed by atoms with Crippen molar-refractivity contribution in [1.29, 1.82) is 0 Å². The Bertz CT molecular complexity index is 408. The summed E-state index contributed by atoms with van der Waals surface area (Å²) in [6.45, 7) is 4.01. The van der Waals surface area contributed by atoms with E-state index in [1.807, 2.05) is 0 Å². The van der Waals surface area contributed by atoms with E-state index in [2.05, 4.69) is 0 Å². The predicted octanol–water partition coefficient (Wildman–Crippen LogP) is -0.495. The van der Waals surface area contributed by atoms with Crippen LogP contribution in [0, 0.1) is 5.92 Å². The van der Waals surface area contributed by atoms with Crippen LogP contribution in [0.15, 0.2) is 0 Å². The number of carboxylic acids is 1. The van der Waals surface area contributed by atoms with E-state index in [0.29, 0.717) is 19.5 Å². The van der Waals surface area contributed by atoms with Crippen molar-refractivity contribution in [2.75, 3.05) is 26.7 Å². The Balaban J connectivity index is 2.62. The number of hydrogen-bond donors (Lipinski definition) is 2. The second-order valence-electron chi connectivity index (χ2n) is 5.80. The number of hydrogen-bond acceptors (Lipinski definition) is 4. The summed E-state index contributed by atoms with van der Waals surface area (Å²) in [6.07, 6.45) is 1.45. The molecule has 0 spiro atoms. The molecule has 20 heavy (non-hydrogen) atoms. The van der Waals surface area contributed by atoms with Gasteiger partial charge in [-0.1, -0.05) is 0 Å². The molecule has 0 saturated carbocycles. The standard InChI is InChI=1S/C13H23N3O4/c1-13(2,12(19)20)15(3)8-10(17)16-6-4-5-9(7-16)11(14)18/h9H,4-8H2,1-3H3,(H2,14,18)(H,19,20). The molecule has 0 aliphatic carbocycles. The number of likely N-dealkylation sites (tertiary alicyclic amines) is 1. The Morgan fingerprint density at radius 2 is 2.00 bits per heavy atom. The number of piperidine rings is 1. The van der Waals surface area contributed by atoms with Gasteiger partial charge in [-0.25, -0.2) is 0 Å². The molecule has 0 aromatic carbocycles. The van der Waals surface area contributed by atoms with Gasteiger partial charge in [0.25, 0.3) is 0 Å². The lowest BCUT2D eigenvalue weighted by Crippen LogP contribution is -2.53. The topological polar surface area (TPSA) is 104 Å². The minimum absolute atomic E-state index is 0.00474. The molecule has 1 heterocycles. The zero-order chi connectivity index (χ0) is 15.5. The average molecular weight is 285 g/mol. The first-order valence-corrected chi connectivity index (χ1v) is 6.68. The van der Waals surface area contributed by atoms with E-state index in [4.69, 9.17) is 10.8 Å². The van der Waals surface area contributed by atoms with Gasteiger partial charge >= 0.3 is 5.97 Å². The van der Waals surface area contributed by atoms with Crippen molar-refractivity contribution in [2.24, 2.45) is 11.7 Å². The maximum Gasteiger partial charge on any atom is 0.323 e. The number of amides is 2. The van der Waals surface area contributed by atoms with E-state index < -0.39 is 11.5 Å². The van der Waals surface area contributed by atoms with Crippen molar-refractivity contribution in [1.82, 2.24) is 9.80 Å². The lowest BCUT2D eigenvalue weighted by atomic mass is 9.97. The van der Waals surface area contributed by atoms with Crippen molar-refractivity contribution in [2.45, 2.75) is 32.2 Å². The first-order chi connectivity index (χ1) is 9.16. The molecule has 0 bridgehead atoms. The molecule has 1 aliphatic rings. The number of carbonyl (C=O) groups is 3. The summed E-state index contributed by atoms with van der Waals surface area (Å²) in [7, 11) is 1.60. The van der Waals surface area contributed by atoms with Crippen LogP contribution in [0.1, 0.15) is 26.7 Å². The van der Waals surface area contributed by atoms with Gasteiger partial charge in [-0.2, -0.15) is 0 Å². The van der Waals surface area contributed by atoms with Gasteiger partial charge in [0, 0.05) is 13.1 Å². The molecule has 1 aliphatic heterocycles. The first kappa shape index (κ1) is 16.4. The molecule has 2 amide bonds. The highest BCUT2D eigenvalue weighted by atomic mass is 16.4. The van der Waals surface area contributed by atoms with Gasteiger partial charge in [-0.05, 0) is 33.7 Å². The van der Waals surface area contributed by atoms with E-state index in [1.54, 1.807) is 25.8 Å². The Morgan fingerprint density at radius 3 is 2.50 bits per heavy atom. The molecule has 1 atom stereocenters.